The highest BCUT2D eigenvalue weighted by Gasteiger charge is 2.44. The van der Waals surface area contributed by atoms with E-state index in [4.69, 9.17) is 9.47 Å². The number of esters is 2. The highest BCUT2D eigenvalue weighted by Crippen LogP contribution is 2.32. The minimum absolute atomic E-state index is 0.0431. The number of ether oxygens (including phenoxy) is 2. The van der Waals surface area contributed by atoms with Gasteiger partial charge in [0.1, 0.15) is 0 Å². The van der Waals surface area contributed by atoms with Crippen LogP contribution in [0.25, 0.3) is 0 Å². The number of hydrogen-bond acceptors (Lipinski definition) is 7. The molecule has 0 aliphatic carbocycles. The van der Waals surface area contributed by atoms with Crippen molar-refractivity contribution < 1.29 is 19.1 Å². The highest BCUT2D eigenvalue weighted by atomic mass is 16.7. The molecule has 0 fully saturated rings. The molecule has 0 spiro atoms. The van der Waals surface area contributed by atoms with E-state index in [0.717, 1.165) is 0 Å². The Kier molecular flexibility index (Phi) is 4.22. The van der Waals surface area contributed by atoms with Crippen LogP contribution in [0.4, 0.5) is 0 Å². The normalized spacial score (nSPS) is 10.8. The fraction of sp³-hybridized carbons (Fsp3) is 0.214. The first-order chi connectivity index (χ1) is 10.0. The minimum Gasteiger partial charge on any atom is -0.411 e. The average molecular weight is 287 g/mol. The molecular weight excluding hydrogens is 274 g/mol. The summed E-state index contributed by atoms with van der Waals surface area (Å²) in [4.78, 5) is 35.0. The average Bonchev–Trinajstić information content (AvgIpc) is 2.47. The molecule has 108 valence electrons. The molecule has 0 aromatic carbocycles. The molecule has 0 aliphatic heterocycles. The van der Waals surface area contributed by atoms with Crippen molar-refractivity contribution in [2.75, 3.05) is 0 Å². The summed E-state index contributed by atoms with van der Waals surface area (Å²) in [7, 11) is 0. The van der Waals surface area contributed by atoms with Gasteiger partial charge < -0.3 is 9.47 Å². The summed E-state index contributed by atoms with van der Waals surface area (Å²) >= 11 is 0. The topological polar surface area (TPSA) is 91.3 Å². The van der Waals surface area contributed by atoms with Crippen LogP contribution in [0.1, 0.15) is 25.2 Å². The summed E-state index contributed by atoms with van der Waals surface area (Å²) in [5.41, 5.74) is 0.383. The zero-order chi connectivity index (χ0) is 15.3. The second kappa shape index (κ2) is 6.08. The third-order valence-electron chi connectivity index (χ3n) is 2.50. The lowest BCUT2D eigenvalue weighted by atomic mass is 10.1. The van der Waals surface area contributed by atoms with Crippen molar-refractivity contribution in [3.05, 3.63) is 54.4 Å². The maximum absolute atomic E-state index is 11.5. The third kappa shape index (κ3) is 3.19. The molecule has 2 aromatic rings. The fourth-order valence-electron chi connectivity index (χ4n) is 1.80. The zero-order valence-corrected chi connectivity index (χ0v) is 11.5. The first-order valence-corrected chi connectivity index (χ1v) is 6.12. The Bertz CT molecular complexity index is 574. The first kappa shape index (κ1) is 14.6. The predicted octanol–water partition coefficient (Wildman–Crippen LogP) is 1.20. The molecule has 0 saturated heterocycles. The number of carbonyl (C=O) groups is 2. The SMILES string of the molecule is CC(=O)OC(OC(C)=O)(c1ccncc1)c1ncccn1. The molecule has 0 saturated carbocycles. The van der Waals surface area contributed by atoms with E-state index in [0.29, 0.717) is 5.56 Å². The van der Waals surface area contributed by atoms with Crippen LogP contribution in [0.3, 0.4) is 0 Å². The van der Waals surface area contributed by atoms with E-state index in [1.165, 1.54) is 38.6 Å². The molecule has 0 aliphatic rings. The molecule has 0 amide bonds. The smallest absolute Gasteiger partial charge is 0.345 e. The van der Waals surface area contributed by atoms with Crippen LogP contribution in [0.2, 0.25) is 0 Å². The van der Waals surface area contributed by atoms with E-state index in [9.17, 15) is 9.59 Å². The second-order valence-electron chi connectivity index (χ2n) is 4.11. The van der Waals surface area contributed by atoms with Gasteiger partial charge in [0.2, 0.25) is 5.82 Å². The summed E-state index contributed by atoms with van der Waals surface area (Å²) in [6.45, 7) is 2.42. The second-order valence-corrected chi connectivity index (χ2v) is 4.11. The number of hydrogen-bond donors (Lipinski definition) is 0. The fourth-order valence-corrected chi connectivity index (χ4v) is 1.80. The van der Waals surface area contributed by atoms with Crippen LogP contribution >= 0.6 is 0 Å². The summed E-state index contributed by atoms with van der Waals surface area (Å²) in [6, 6.07) is 4.72. The lowest BCUT2D eigenvalue weighted by molar-refractivity contribution is -0.218. The monoisotopic (exact) mass is 287 g/mol. The van der Waals surface area contributed by atoms with Crippen LogP contribution < -0.4 is 0 Å². The van der Waals surface area contributed by atoms with Gasteiger partial charge >= 0.3 is 17.7 Å². The third-order valence-corrected chi connectivity index (χ3v) is 2.50. The highest BCUT2D eigenvalue weighted by molar-refractivity contribution is 5.70. The van der Waals surface area contributed by atoms with E-state index in [1.807, 2.05) is 0 Å². The van der Waals surface area contributed by atoms with Crippen molar-refractivity contribution in [1.29, 1.82) is 0 Å². The maximum Gasteiger partial charge on any atom is 0.345 e. The lowest BCUT2D eigenvalue weighted by Gasteiger charge is -2.30. The Morgan fingerprint density at radius 1 is 0.952 bits per heavy atom. The maximum atomic E-state index is 11.5. The molecule has 21 heavy (non-hydrogen) atoms. The van der Waals surface area contributed by atoms with Gasteiger partial charge in [-0.2, -0.15) is 0 Å². The van der Waals surface area contributed by atoms with Crippen LogP contribution in [0.5, 0.6) is 0 Å². The lowest BCUT2D eigenvalue weighted by Crippen LogP contribution is -2.39. The number of carbonyl (C=O) groups excluding carboxylic acids is 2. The van der Waals surface area contributed by atoms with E-state index >= 15 is 0 Å². The van der Waals surface area contributed by atoms with E-state index < -0.39 is 17.7 Å². The number of rotatable bonds is 4. The molecule has 0 N–H and O–H groups in total. The zero-order valence-electron chi connectivity index (χ0n) is 11.5. The van der Waals surface area contributed by atoms with Crippen molar-refractivity contribution in [2.45, 2.75) is 19.6 Å². The molecule has 0 atom stereocenters. The van der Waals surface area contributed by atoms with Crippen molar-refractivity contribution in [3.8, 4) is 0 Å². The standard InChI is InChI=1S/C14H13N3O4/c1-10(18)20-14(21-11(2)19,12-4-8-15-9-5-12)13-16-6-3-7-17-13/h3-9H,1-2H3. The molecule has 2 aromatic heterocycles. The number of aromatic nitrogens is 3. The predicted molar refractivity (Wildman–Crippen MR) is 70.6 cm³/mol. The van der Waals surface area contributed by atoms with Gasteiger partial charge in [-0.1, -0.05) is 0 Å². The van der Waals surface area contributed by atoms with Crippen molar-refractivity contribution in [1.82, 2.24) is 15.0 Å². The summed E-state index contributed by atoms with van der Waals surface area (Å²) in [5, 5.41) is 0. The Hall–Kier alpha value is -2.83. The molecule has 7 heteroatoms. The van der Waals surface area contributed by atoms with Crippen LogP contribution in [-0.4, -0.2) is 26.9 Å². The molecule has 2 heterocycles. The van der Waals surface area contributed by atoms with Gasteiger partial charge in [0, 0.05) is 44.2 Å². The summed E-state index contributed by atoms with van der Waals surface area (Å²) < 4.78 is 10.6. The minimum atomic E-state index is -1.83. The van der Waals surface area contributed by atoms with Gasteiger partial charge in [-0.3, -0.25) is 14.6 Å². The van der Waals surface area contributed by atoms with Gasteiger partial charge in [-0.05, 0) is 18.2 Å². The molecule has 7 nitrogen and oxygen atoms in total. The Morgan fingerprint density at radius 3 is 1.95 bits per heavy atom. The molecule has 0 unspecified atom stereocenters. The van der Waals surface area contributed by atoms with E-state index in [1.54, 1.807) is 18.2 Å². The largest absolute Gasteiger partial charge is 0.411 e. The Balaban J connectivity index is 2.64. The molecule has 0 bridgehead atoms. The van der Waals surface area contributed by atoms with Gasteiger partial charge in [-0.25, -0.2) is 9.97 Å². The van der Waals surface area contributed by atoms with Crippen LogP contribution in [0.15, 0.2) is 43.0 Å². The Morgan fingerprint density at radius 2 is 1.48 bits per heavy atom. The van der Waals surface area contributed by atoms with Gasteiger partial charge in [0.05, 0.1) is 0 Å². The van der Waals surface area contributed by atoms with Crippen LogP contribution in [-0.2, 0) is 24.8 Å². The molecule has 2 rings (SSSR count). The summed E-state index contributed by atoms with van der Waals surface area (Å²) in [5.74, 6) is -3.07. The van der Waals surface area contributed by atoms with Crippen molar-refractivity contribution in [3.63, 3.8) is 0 Å². The van der Waals surface area contributed by atoms with Gasteiger partial charge in [-0.15, -0.1) is 0 Å². The van der Waals surface area contributed by atoms with Crippen LogP contribution in [0, 0.1) is 0 Å². The summed E-state index contributed by atoms with van der Waals surface area (Å²) in [6.07, 6.45) is 5.90. The Labute approximate surface area is 121 Å². The molecule has 0 radical (unpaired) electrons. The van der Waals surface area contributed by atoms with Gasteiger partial charge in [0.25, 0.3) is 0 Å². The number of pyridine rings is 1. The van der Waals surface area contributed by atoms with E-state index in [-0.39, 0.29) is 5.82 Å². The van der Waals surface area contributed by atoms with Crippen molar-refractivity contribution >= 4 is 11.9 Å². The first-order valence-electron chi connectivity index (χ1n) is 6.12. The van der Waals surface area contributed by atoms with Gasteiger partial charge in [0.15, 0.2) is 0 Å². The van der Waals surface area contributed by atoms with Crippen molar-refractivity contribution in [2.24, 2.45) is 0 Å². The molecular formula is C14H13N3O4. The number of nitrogens with zero attached hydrogens (tertiary/aromatic N) is 3. The quantitative estimate of drug-likeness (QED) is 0.616. The van der Waals surface area contributed by atoms with E-state index in [2.05, 4.69) is 15.0 Å².